The van der Waals surface area contributed by atoms with Crippen LogP contribution in [0.2, 0.25) is 0 Å². The maximum absolute atomic E-state index is 12.1. The molecule has 0 unspecified atom stereocenters. The van der Waals surface area contributed by atoms with Gasteiger partial charge in [0.1, 0.15) is 5.75 Å². The van der Waals surface area contributed by atoms with Crippen LogP contribution >= 0.6 is 0 Å². The van der Waals surface area contributed by atoms with Gasteiger partial charge >= 0.3 is 0 Å². The molecule has 0 saturated carbocycles. The van der Waals surface area contributed by atoms with Crippen molar-refractivity contribution in [1.82, 2.24) is 9.88 Å². The molecule has 0 radical (unpaired) electrons. The lowest BCUT2D eigenvalue weighted by Gasteiger charge is -2.26. The van der Waals surface area contributed by atoms with Crippen LogP contribution in [0.5, 0.6) is 5.75 Å². The fourth-order valence-electron chi connectivity index (χ4n) is 2.42. The Morgan fingerprint density at radius 1 is 1.17 bits per heavy atom. The van der Waals surface area contributed by atoms with Gasteiger partial charge in [0, 0.05) is 37.2 Å². The Balaban J connectivity index is 1.87. The van der Waals surface area contributed by atoms with Gasteiger partial charge in [-0.25, -0.2) is 0 Å². The van der Waals surface area contributed by atoms with Crippen LogP contribution in [0.15, 0.2) is 53.5 Å². The summed E-state index contributed by atoms with van der Waals surface area (Å²) < 4.78 is 6.70. The van der Waals surface area contributed by atoms with Gasteiger partial charge in [0.05, 0.1) is 7.11 Å². The van der Waals surface area contributed by atoms with Crippen molar-refractivity contribution in [3.63, 3.8) is 0 Å². The number of methoxy groups -OCH3 is 1. The van der Waals surface area contributed by atoms with E-state index in [1.54, 1.807) is 25.4 Å². The highest BCUT2D eigenvalue weighted by Crippen LogP contribution is 2.24. The van der Waals surface area contributed by atoms with E-state index in [2.05, 4.69) is 19.2 Å². The van der Waals surface area contributed by atoms with E-state index in [-0.39, 0.29) is 23.3 Å². The number of aromatic nitrogens is 1. The molecular formula is C19H24N2O3. The molecule has 0 aliphatic carbocycles. The lowest BCUT2D eigenvalue weighted by molar-refractivity contribution is -0.121. The van der Waals surface area contributed by atoms with Crippen molar-refractivity contribution in [2.24, 2.45) is 0 Å². The van der Waals surface area contributed by atoms with Gasteiger partial charge < -0.3 is 14.6 Å². The molecule has 2 rings (SSSR count). The molecule has 1 aromatic heterocycles. The van der Waals surface area contributed by atoms with Gasteiger partial charge in [-0.15, -0.1) is 0 Å². The van der Waals surface area contributed by atoms with E-state index in [1.165, 1.54) is 10.6 Å². The van der Waals surface area contributed by atoms with Crippen molar-refractivity contribution >= 4 is 5.91 Å². The average molecular weight is 328 g/mol. The van der Waals surface area contributed by atoms with Crippen molar-refractivity contribution < 1.29 is 9.53 Å². The van der Waals surface area contributed by atoms with Crippen molar-refractivity contribution in [1.29, 1.82) is 0 Å². The normalized spacial score (nSPS) is 11.1. The van der Waals surface area contributed by atoms with E-state index < -0.39 is 0 Å². The monoisotopic (exact) mass is 328 g/mol. The summed E-state index contributed by atoms with van der Waals surface area (Å²) >= 11 is 0. The van der Waals surface area contributed by atoms with Crippen molar-refractivity contribution in [3.05, 3.63) is 64.6 Å². The van der Waals surface area contributed by atoms with Crippen LogP contribution in [0.3, 0.4) is 0 Å². The first kappa shape index (κ1) is 17.8. The molecule has 1 amide bonds. The van der Waals surface area contributed by atoms with E-state index >= 15 is 0 Å². The first-order valence-electron chi connectivity index (χ1n) is 7.99. The minimum Gasteiger partial charge on any atom is -0.497 e. The minimum atomic E-state index is -0.189. The van der Waals surface area contributed by atoms with Crippen molar-refractivity contribution in [3.8, 4) is 5.75 Å². The third-order valence-corrected chi connectivity index (χ3v) is 4.08. The molecular weight excluding hydrogens is 304 g/mol. The number of benzene rings is 1. The average Bonchev–Trinajstić information content (AvgIpc) is 2.59. The molecule has 0 saturated heterocycles. The number of hydrogen-bond donors (Lipinski definition) is 1. The maximum Gasteiger partial charge on any atom is 0.250 e. The summed E-state index contributed by atoms with van der Waals surface area (Å²) in [5.74, 6) is 0.749. The molecule has 1 aromatic carbocycles. The lowest BCUT2D eigenvalue weighted by atomic mass is 9.84. The predicted molar refractivity (Wildman–Crippen MR) is 94.3 cm³/mol. The molecule has 1 heterocycles. The zero-order valence-corrected chi connectivity index (χ0v) is 14.4. The topological polar surface area (TPSA) is 60.3 Å². The van der Waals surface area contributed by atoms with Crippen LogP contribution in [0.4, 0.5) is 0 Å². The summed E-state index contributed by atoms with van der Waals surface area (Å²) in [6, 6.07) is 12.8. The Hall–Kier alpha value is -2.56. The number of pyridine rings is 1. The van der Waals surface area contributed by atoms with Crippen LogP contribution in [0.1, 0.15) is 25.8 Å². The SMILES string of the molecule is COc1ccc(C(C)(C)CNC(=O)CCn2ccccc2=O)cc1. The highest BCUT2D eigenvalue weighted by molar-refractivity contribution is 5.75. The molecule has 128 valence electrons. The van der Waals surface area contributed by atoms with E-state index in [9.17, 15) is 9.59 Å². The Morgan fingerprint density at radius 3 is 2.50 bits per heavy atom. The van der Waals surface area contributed by atoms with Crippen LogP contribution in [-0.2, 0) is 16.8 Å². The third-order valence-electron chi connectivity index (χ3n) is 4.08. The van der Waals surface area contributed by atoms with E-state index in [0.29, 0.717) is 13.1 Å². The van der Waals surface area contributed by atoms with Gasteiger partial charge in [0.25, 0.3) is 5.56 Å². The second kappa shape index (κ2) is 7.81. The van der Waals surface area contributed by atoms with Gasteiger partial charge in [0.15, 0.2) is 0 Å². The highest BCUT2D eigenvalue weighted by atomic mass is 16.5. The van der Waals surface area contributed by atoms with Crippen molar-refractivity contribution in [2.75, 3.05) is 13.7 Å². The molecule has 0 spiro atoms. The molecule has 0 fully saturated rings. The fraction of sp³-hybridized carbons (Fsp3) is 0.368. The first-order valence-corrected chi connectivity index (χ1v) is 7.99. The number of carbonyl (C=O) groups excluding carboxylic acids is 1. The summed E-state index contributed by atoms with van der Waals surface area (Å²) in [5, 5.41) is 2.95. The summed E-state index contributed by atoms with van der Waals surface area (Å²) in [6.07, 6.45) is 1.97. The van der Waals surface area contributed by atoms with Gasteiger partial charge in [-0.2, -0.15) is 0 Å². The molecule has 24 heavy (non-hydrogen) atoms. The Morgan fingerprint density at radius 2 is 1.88 bits per heavy atom. The summed E-state index contributed by atoms with van der Waals surface area (Å²) in [4.78, 5) is 23.7. The van der Waals surface area contributed by atoms with E-state index in [4.69, 9.17) is 4.74 Å². The second-order valence-corrected chi connectivity index (χ2v) is 6.37. The van der Waals surface area contributed by atoms with Gasteiger partial charge in [-0.3, -0.25) is 9.59 Å². The molecule has 0 atom stereocenters. The molecule has 5 nitrogen and oxygen atoms in total. The van der Waals surface area contributed by atoms with E-state index in [1.807, 2.05) is 24.3 Å². The van der Waals surface area contributed by atoms with Crippen LogP contribution in [0, 0.1) is 0 Å². The number of ether oxygens (including phenoxy) is 1. The van der Waals surface area contributed by atoms with Crippen molar-refractivity contribution in [2.45, 2.75) is 32.2 Å². The smallest absolute Gasteiger partial charge is 0.250 e. The molecule has 0 bridgehead atoms. The highest BCUT2D eigenvalue weighted by Gasteiger charge is 2.21. The molecule has 1 N–H and O–H groups in total. The quantitative estimate of drug-likeness (QED) is 0.849. The number of rotatable bonds is 7. The largest absolute Gasteiger partial charge is 0.497 e. The number of nitrogens with one attached hydrogen (secondary N) is 1. The molecule has 0 aliphatic heterocycles. The summed E-state index contributed by atoms with van der Waals surface area (Å²) in [6.45, 7) is 5.07. The van der Waals surface area contributed by atoms with Crippen LogP contribution in [-0.4, -0.2) is 24.1 Å². The fourth-order valence-corrected chi connectivity index (χ4v) is 2.42. The second-order valence-electron chi connectivity index (χ2n) is 6.37. The lowest BCUT2D eigenvalue weighted by Crippen LogP contribution is -2.37. The zero-order chi connectivity index (χ0) is 17.6. The summed E-state index contributed by atoms with van der Waals surface area (Å²) in [5.41, 5.74) is 0.845. The number of nitrogens with zero attached hydrogens (tertiary/aromatic N) is 1. The van der Waals surface area contributed by atoms with Gasteiger partial charge in [0.2, 0.25) is 5.91 Å². The Kier molecular flexibility index (Phi) is 5.79. The Labute approximate surface area is 142 Å². The van der Waals surface area contributed by atoms with Gasteiger partial charge in [-0.1, -0.05) is 32.0 Å². The van der Waals surface area contributed by atoms with Crippen LogP contribution in [0.25, 0.3) is 0 Å². The number of hydrogen-bond acceptors (Lipinski definition) is 3. The predicted octanol–water partition coefficient (Wildman–Crippen LogP) is 2.34. The summed E-state index contributed by atoms with van der Waals surface area (Å²) in [7, 11) is 1.64. The Bertz CT molecular complexity index is 733. The number of amides is 1. The molecule has 5 heteroatoms. The molecule has 0 aliphatic rings. The number of carbonyl (C=O) groups is 1. The minimum absolute atomic E-state index is 0.0626. The first-order chi connectivity index (χ1) is 11.4. The standard InChI is InChI=1S/C19H24N2O3/c1-19(2,15-7-9-16(24-3)10-8-15)14-20-17(22)11-13-21-12-5-4-6-18(21)23/h4-10,12H,11,13-14H2,1-3H3,(H,20,22). The van der Waals surface area contributed by atoms with Crippen LogP contribution < -0.4 is 15.6 Å². The number of aryl methyl sites for hydroxylation is 1. The maximum atomic E-state index is 12.1. The zero-order valence-electron chi connectivity index (χ0n) is 14.4. The molecule has 2 aromatic rings. The van der Waals surface area contributed by atoms with Gasteiger partial charge in [-0.05, 0) is 23.8 Å². The third kappa shape index (κ3) is 4.72. The van der Waals surface area contributed by atoms with E-state index in [0.717, 1.165) is 11.3 Å².